The molecule has 1 aromatic heterocycles. The number of hydrogen-bond donors (Lipinski definition) is 4. The first-order chi connectivity index (χ1) is 11.5. The van der Waals surface area contributed by atoms with Crippen molar-refractivity contribution in [3.8, 4) is 5.88 Å². The van der Waals surface area contributed by atoms with Gasteiger partial charge >= 0.3 is 6.09 Å². The first-order valence-corrected chi connectivity index (χ1v) is 10.1. The van der Waals surface area contributed by atoms with Crippen LogP contribution < -0.4 is 10.1 Å². The molecule has 8 nitrogen and oxygen atoms in total. The zero-order chi connectivity index (χ0) is 18.6. The van der Waals surface area contributed by atoms with Crippen molar-refractivity contribution >= 4 is 38.4 Å². The summed E-state index contributed by atoms with van der Waals surface area (Å²) in [4.78, 5) is 20.1. The van der Waals surface area contributed by atoms with Gasteiger partial charge in [0.2, 0.25) is 5.88 Å². The number of nitrogens with one attached hydrogen (secondary N) is 1. The first-order valence-electron chi connectivity index (χ1n) is 7.66. The standard InChI is InChI=1S/C15H20BrN3O5S/c1-14(2)12(18-13(20)21)19-15(3)9-6-8(16)7-17-11(9)24-5-4-10(15)25(14,22)23/h6-7,10,22-23H,4-5H2,1-3H3,(H,18,19)(H,20,21)/t10-,15-/m1/s1. The Labute approximate surface area is 155 Å². The minimum atomic E-state index is -3.27. The van der Waals surface area contributed by atoms with Gasteiger partial charge in [-0.1, -0.05) is 0 Å². The summed E-state index contributed by atoms with van der Waals surface area (Å²) in [5, 5.41) is 10.8. The highest BCUT2D eigenvalue weighted by molar-refractivity contribution is 9.10. The monoisotopic (exact) mass is 433 g/mol. The SMILES string of the molecule is CC1(C)C(NC(=O)O)=N[C@]2(C)c3cc(Br)cnc3OCC[C@H]2S1(O)O. The van der Waals surface area contributed by atoms with Crippen molar-refractivity contribution in [1.82, 2.24) is 10.3 Å². The van der Waals surface area contributed by atoms with Crippen molar-refractivity contribution in [3.05, 3.63) is 22.3 Å². The van der Waals surface area contributed by atoms with Gasteiger partial charge in [0.25, 0.3) is 0 Å². The first kappa shape index (κ1) is 18.4. The van der Waals surface area contributed by atoms with E-state index in [1.165, 1.54) is 0 Å². The Morgan fingerprint density at radius 2 is 2.12 bits per heavy atom. The summed E-state index contributed by atoms with van der Waals surface area (Å²) in [5.41, 5.74) is -0.501. The third-order valence-corrected chi connectivity index (χ3v) is 8.51. The molecule has 10 heteroatoms. The summed E-state index contributed by atoms with van der Waals surface area (Å²) in [6, 6.07) is 1.77. The van der Waals surface area contributed by atoms with Crippen molar-refractivity contribution in [3.63, 3.8) is 0 Å². The number of carboxylic acid groups (broad SMARTS) is 1. The number of pyridine rings is 1. The number of fused-ring (bicyclic) bond motifs is 3. The van der Waals surface area contributed by atoms with Gasteiger partial charge in [-0.05, 0) is 42.8 Å². The molecule has 0 fully saturated rings. The van der Waals surface area contributed by atoms with E-state index in [0.717, 1.165) is 0 Å². The number of amides is 1. The van der Waals surface area contributed by atoms with Crippen LogP contribution in [0.5, 0.6) is 5.88 Å². The zero-order valence-corrected chi connectivity index (χ0v) is 16.4. The molecule has 2 aliphatic heterocycles. The largest absolute Gasteiger partial charge is 0.477 e. The molecule has 0 saturated heterocycles. The van der Waals surface area contributed by atoms with Gasteiger partial charge < -0.3 is 9.84 Å². The predicted molar refractivity (Wildman–Crippen MR) is 98.7 cm³/mol. The second-order valence-corrected chi connectivity index (χ2v) is 10.5. The van der Waals surface area contributed by atoms with Gasteiger partial charge in [-0.3, -0.25) is 19.4 Å². The van der Waals surface area contributed by atoms with Gasteiger partial charge in [0, 0.05) is 22.7 Å². The summed E-state index contributed by atoms with van der Waals surface area (Å²) in [6.07, 6.45) is 0.648. The van der Waals surface area contributed by atoms with Crippen molar-refractivity contribution in [1.29, 1.82) is 0 Å². The minimum Gasteiger partial charge on any atom is -0.477 e. The molecule has 0 unspecified atom stereocenters. The molecule has 3 heterocycles. The van der Waals surface area contributed by atoms with E-state index in [4.69, 9.17) is 9.84 Å². The fourth-order valence-corrected chi connectivity index (χ4v) is 6.05. The van der Waals surface area contributed by atoms with Crippen LogP contribution in [0.4, 0.5) is 4.79 Å². The Bertz CT molecular complexity index is 770. The Balaban J connectivity index is 2.29. The lowest BCUT2D eigenvalue weighted by molar-refractivity contribution is 0.199. The van der Waals surface area contributed by atoms with Crippen LogP contribution in [0.25, 0.3) is 0 Å². The normalized spacial score (nSPS) is 30.6. The molecule has 2 aliphatic rings. The molecule has 0 radical (unpaired) electrons. The lowest BCUT2D eigenvalue weighted by Gasteiger charge is -2.58. The van der Waals surface area contributed by atoms with Crippen LogP contribution in [0.2, 0.25) is 0 Å². The number of aromatic nitrogens is 1. The Morgan fingerprint density at radius 3 is 2.76 bits per heavy atom. The minimum absolute atomic E-state index is 0.0200. The van der Waals surface area contributed by atoms with Crippen molar-refractivity contribution < 1.29 is 23.7 Å². The van der Waals surface area contributed by atoms with Crippen molar-refractivity contribution in [2.24, 2.45) is 4.99 Å². The average molecular weight is 434 g/mol. The molecule has 1 aromatic rings. The number of nitrogens with zero attached hydrogens (tertiary/aromatic N) is 2. The van der Waals surface area contributed by atoms with Crippen LogP contribution >= 0.6 is 26.5 Å². The van der Waals surface area contributed by atoms with Crippen LogP contribution in [0.3, 0.4) is 0 Å². The van der Waals surface area contributed by atoms with E-state index in [1.807, 2.05) is 0 Å². The van der Waals surface area contributed by atoms with Crippen LogP contribution in [-0.4, -0.2) is 47.7 Å². The third-order valence-electron chi connectivity index (χ3n) is 4.90. The quantitative estimate of drug-likeness (QED) is 0.496. The van der Waals surface area contributed by atoms with Gasteiger partial charge in [0.15, 0.2) is 0 Å². The molecule has 0 bridgehead atoms. The summed E-state index contributed by atoms with van der Waals surface area (Å²) in [7, 11) is -3.27. The van der Waals surface area contributed by atoms with Gasteiger partial charge in [-0.25, -0.2) is 9.78 Å². The predicted octanol–water partition coefficient (Wildman–Crippen LogP) is 3.42. The van der Waals surface area contributed by atoms with Crippen LogP contribution in [0.1, 0.15) is 32.8 Å². The highest BCUT2D eigenvalue weighted by atomic mass is 79.9. The van der Waals surface area contributed by atoms with Crippen LogP contribution in [0, 0.1) is 0 Å². The van der Waals surface area contributed by atoms with Crippen LogP contribution in [-0.2, 0) is 5.54 Å². The fraction of sp³-hybridized carbons (Fsp3) is 0.533. The summed E-state index contributed by atoms with van der Waals surface area (Å²) < 4.78 is 27.4. The molecular formula is C15H20BrN3O5S. The number of aliphatic imine (C=N–C) groups is 1. The highest BCUT2D eigenvalue weighted by Crippen LogP contribution is 2.66. The van der Waals surface area contributed by atoms with E-state index >= 15 is 0 Å². The van der Waals surface area contributed by atoms with E-state index < -0.39 is 32.2 Å². The number of carbonyl (C=O) groups is 1. The zero-order valence-electron chi connectivity index (χ0n) is 14.0. The van der Waals surface area contributed by atoms with Crippen molar-refractivity contribution in [2.45, 2.75) is 42.7 Å². The maximum Gasteiger partial charge on any atom is 0.410 e. The van der Waals surface area contributed by atoms with Gasteiger partial charge in [-0.2, -0.15) is 10.6 Å². The number of ether oxygens (including phenoxy) is 1. The van der Waals surface area contributed by atoms with E-state index in [1.54, 1.807) is 33.0 Å². The Morgan fingerprint density at radius 1 is 1.44 bits per heavy atom. The fourth-order valence-electron chi connectivity index (χ4n) is 3.38. The van der Waals surface area contributed by atoms with E-state index in [9.17, 15) is 13.9 Å². The lowest BCUT2D eigenvalue weighted by atomic mass is 9.87. The summed E-state index contributed by atoms with van der Waals surface area (Å²) >= 11 is 3.37. The molecule has 0 saturated carbocycles. The molecule has 3 rings (SSSR count). The molecule has 25 heavy (non-hydrogen) atoms. The molecular weight excluding hydrogens is 414 g/mol. The number of amidine groups is 1. The number of rotatable bonds is 0. The Hall–Kier alpha value is -1.36. The number of halogens is 1. The topological polar surface area (TPSA) is 124 Å². The second kappa shape index (κ2) is 5.83. The van der Waals surface area contributed by atoms with E-state index in [2.05, 4.69) is 31.2 Å². The van der Waals surface area contributed by atoms with Crippen LogP contribution in [0.15, 0.2) is 21.7 Å². The Kier molecular flexibility index (Phi) is 4.30. The summed E-state index contributed by atoms with van der Waals surface area (Å²) in [5.74, 6) is 0.383. The molecule has 4 N–H and O–H groups in total. The van der Waals surface area contributed by atoms with E-state index in [0.29, 0.717) is 22.3 Å². The molecule has 0 spiro atoms. The average Bonchev–Trinajstić information content (AvgIpc) is 2.63. The molecule has 1 amide bonds. The van der Waals surface area contributed by atoms with Gasteiger partial charge in [0.1, 0.15) is 16.1 Å². The molecule has 0 aromatic carbocycles. The maximum absolute atomic E-state index is 11.2. The third kappa shape index (κ3) is 2.71. The number of hydrogen-bond acceptors (Lipinski definition) is 6. The molecule has 2 atom stereocenters. The molecule has 138 valence electrons. The molecule has 0 aliphatic carbocycles. The maximum atomic E-state index is 11.2. The smallest absolute Gasteiger partial charge is 0.410 e. The van der Waals surface area contributed by atoms with Crippen molar-refractivity contribution in [2.75, 3.05) is 6.61 Å². The lowest BCUT2D eigenvalue weighted by Crippen LogP contribution is -2.58. The second-order valence-electron chi connectivity index (χ2n) is 6.77. The van der Waals surface area contributed by atoms with Gasteiger partial charge in [-0.15, -0.1) is 0 Å². The van der Waals surface area contributed by atoms with E-state index in [-0.39, 0.29) is 12.4 Å². The summed E-state index contributed by atoms with van der Waals surface area (Å²) in [6.45, 7) is 5.20. The highest BCUT2D eigenvalue weighted by Gasteiger charge is 2.58. The van der Waals surface area contributed by atoms with Gasteiger partial charge in [0.05, 0.1) is 11.9 Å².